The number of fused-ring (bicyclic) bond motifs is 1. The molecule has 1 aromatic heterocycles. The molecule has 2 aromatic carbocycles. The number of aryl methyl sites for hydroxylation is 1. The molecule has 3 aromatic rings. The van der Waals surface area contributed by atoms with Gasteiger partial charge in [-0.15, -0.1) is 0 Å². The van der Waals surface area contributed by atoms with Crippen LogP contribution in [0.4, 0.5) is 10.5 Å². The standard InChI is InChI=1S/C15H13N3O4/c1-9-6-10(16)2-5-14(9)21-11-3-4-13-12(7-11)17-8-18(13)22-15(19)20/h2-8H,16H2,1H3,(H,19,20). The van der Waals surface area contributed by atoms with Crippen molar-refractivity contribution in [1.29, 1.82) is 0 Å². The molecule has 0 aliphatic heterocycles. The predicted molar refractivity (Wildman–Crippen MR) is 80.0 cm³/mol. The Bertz CT molecular complexity index is 857. The average molecular weight is 299 g/mol. The Morgan fingerprint density at radius 3 is 2.82 bits per heavy atom. The van der Waals surface area contributed by atoms with Gasteiger partial charge in [0.05, 0.1) is 5.52 Å². The largest absolute Gasteiger partial charge is 0.531 e. The molecule has 0 aliphatic rings. The summed E-state index contributed by atoms with van der Waals surface area (Å²) in [5.74, 6) is 1.27. The van der Waals surface area contributed by atoms with E-state index in [2.05, 4.69) is 9.82 Å². The first-order valence-corrected chi connectivity index (χ1v) is 6.45. The van der Waals surface area contributed by atoms with Crippen molar-refractivity contribution in [2.45, 2.75) is 6.92 Å². The van der Waals surface area contributed by atoms with E-state index < -0.39 is 6.16 Å². The second-order valence-corrected chi connectivity index (χ2v) is 4.71. The van der Waals surface area contributed by atoms with Crippen LogP contribution in [0.2, 0.25) is 0 Å². The Labute approximate surface area is 125 Å². The van der Waals surface area contributed by atoms with Crippen LogP contribution >= 0.6 is 0 Å². The molecule has 0 aliphatic carbocycles. The number of carboxylic acid groups (broad SMARTS) is 1. The maximum atomic E-state index is 10.6. The maximum absolute atomic E-state index is 10.6. The first-order chi connectivity index (χ1) is 10.5. The van der Waals surface area contributed by atoms with Crippen molar-refractivity contribution < 1.29 is 19.5 Å². The summed E-state index contributed by atoms with van der Waals surface area (Å²) in [6.07, 6.45) is -0.117. The third-order valence-corrected chi connectivity index (χ3v) is 3.09. The zero-order valence-corrected chi connectivity index (χ0v) is 11.7. The predicted octanol–water partition coefficient (Wildman–Crippen LogP) is 2.83. The van der Waals surface area contributed by atoms with Gasteiger partial charge in [0.15, 0.2) is 0 Å². The Balaban J connectivity index is 1.90. The average Bonchev–Trinajstić information content (AvgIpc) is 2.84. The minimum atomic E-state index is -1.41. The molecule has 0 spiro atoms. The summed E-state index contributed by atoms with van der Waals surface area (Å²) in [5.41, 5.74) is 8.39. The van der Waals surface area contributed by atoms with Crippen molar-refractivity contribution in [2.75, 3.05) is 5.73 Å². The van der Waals surface area contributed by atoms with Crippen molar-refractivity contribution in [3.63, 3.8) is 0 Å². The van der Waals surface area contributed by atoms with Crippen LogP contribution in [0.25, 0.3) is 11.0 Å². The monoisotopic (exact) mass is 299 g/mol. The van der Waals surface area contributed by atoms with Crippen LogP contribution in [-0.2, 0) is 0 Å². The molecule has 0 amide bonds. The highest BCUT2D eigenvalue weighted by Crippen LogP contribution is 2.28. The number of carbonyl (C=O) groups is 1. The molecule has 22 heavy (non-hydrogen) atoms. The van der Waals surface area contributed by atoms with Gasteiger partial charge in [-0.3, -0.25) is 4.84 Å². The van der Waals surface area contributed by atoms with Gasteiger partial charge < -0.3 is 15.6 Å². The number of hydrogen-bond donors (Lipinski definition) is 2. The highest BCUT2D eigenvalue weighted by Gasteiger charge is 2.09. The number of hydrogen-bond acceptors (Lipinski definition) is 5. The smallest absolute Gasteiger partial charge is 0.457 e. The minimum absolute atomic E-state index is 0.531. The molecular formula is C15H13N3O4. The molecular weight excluding hydrogens is 286 g/mol. The fourth-order valence-electron chi connectivity index (χ4n) is 2.10. The van der Waals surface area contributed by atoms with Gasteiger partial charge in [-0.25, -0.2) is 9.78 Å². The topological polar surface area (TPSA) is 99.6 Å². The van der Waals surface area contributed by atoms with Gasteiger partial charge in [-0.2, -0.15) is 4.73 Å². The summed E-state index contributed by atoms with van der Waals surface area (Å²) in [4.78, 5) is 19.2. The van der Waals surface area contributed by atoms with Crippen molar-refractivity contribution in [3.05, 3.63) is 48.3 Å². The van der Waals surface area contributed by atoms with E-state index in [4.69, 9.17) is 15.6 Å². The Kier molecular flexibility index (Phi) is 3.30. The summed E-state index contributed by atoms with van der Waals surface area (Å²) in [7, 11) is 0. The van der Waals surface area contributed by atoms with Crippen LogP contribution in [-0.4, -0.2) is 21.0 Å². The Hall–Kier alpha value is -3.22. The van der Waals surface area contributed by atoms with Crippen LogP contribution < -0.4 is 15.3 Å². The zero-order valence-electron chi connectivity index (χ0n) is 11.7. The van der Waals surface area contributed by atoms with Crippen molar-refractivity contribution in [3.8, 4) is 11.5 Å². The van der Waals surface area contributed by atoms with Crippen LogP contribution in [0.5, 0.6) is 11.5 Å². The molecule has 0 radical (unpaired) electrons. The number of nitrogens with two attached hydrogens (primary N) is 1. The summed E-state index contributed by atoms with van der Waals surface area (Å²) in [6.45, 7) is 1.90. The van der Waals surface area contributed by atoms with Crippen LogP contribution in [0.15, 0.2) is 42.7 Å². The lowest BCUT2D eigenvalue weighted by Crippen LogP contribution is -2.15. The quantitative estimate of drug-likeness (QED) is 0.721. The third kappa shape index (κ3) is 2.64. The van der Waals surface area contributed by atoms with Gasteiger partial charge in [0.25, 0.3) is 0 Å². The van der Waals surface area contributed by atoms with E-state index >= 15 is 0 Å². The number of ether oxygens (including phenoxy) is 1. The molecule has 0 atom stereocenters. The first kappa shape index (κ1) is 13.7. The molecule has 0 bridgehead atoms. The molecule has 0 saturated heterocycles. The second kappa shape index (κ2) is 5.28. The third-order valence-electron chi connectivity index (χ3n) is 3.09. The van der Waals surface area contributed by atoms with E-state index in [1.54, 1.807) is 30.3 Å². The van der Waals surface area contributed by atoms with Gasteiger partial charge in [-0.1, -0.05) is 0 Å². The van der Waals surface area contributed by atoms with Gasteiger partial charge in [0.2, 0.25) is 0 Å². The number of benzene rings is 2. The number of anilines is 1. The molecule has 7 nitrogen and oxygen atoms in total. The number of rotatable bonds is 3. The van der Waals surface area contributed by atoms with E-state index in [1.165, 1.54) is 6.33 Å². The Morgan fingerprint density at radius 2 is 2.09 bits per heavy atom. The molecule has 7 heteroatoms. The molecule has 3 rings (SSSR count). The summed E-state index contributed by atoms with van der Waals surface area (Å²) in [6, 6.07) is 10.5. The lowest BCUT2D eigenvalue weighted by atomic mass is 10.2. The highest BCUT2D eigenvalue weighted by molar-refractivity contribution is 5.77. The molecule has 0 saturated carbocycles. The number of nitrogens with zero attached hydrogens (tertiary/aromatic N) is 2. The lowest BCUT2D eigenvalue weighted by molar-refractivity contribution is 0.0856. The van der Waals surface area contributed by atoms with E-state index in [9.17, 15) is 4.79 Å². The summed E-state index contributed by atoms with van der Waals surface area (Å²) in [5, 5.41) is 8.64. The normalized spacial score (nSPS) is 10.6. The second-order valence-electron chi connectivity index (χ2n) is 4.71. The van der Waals surface area contributed by atoms with E-state index in [0.29, 0.717) is 28.2 Å². The Morgan fingerprint density at radius 1 is 1.27 bits per heavy atom. The first-order valence-electron chi connectivity index (χ1n) is 6.45. The van der Waals surface area contributed by atoms with Crippen molar-refractivity contribution in [1.82, 2.24) is 9.71 Å². The van der Waals surface area contributed by atoms with E-state index in [0.717, 1.165) is 10.3 Å². The fraction of sp³-hybridized carbons (Fsp3) is 0.0667. The highest BCUT2D eigenvalue weighted by atomic mass is 16.8. The minimum Gasteiger partial charge on any atom is -0.457 e. The van der Waals surface area contributed by atoms with Crippen LogP contribution in [0.3, 0.4) is 0 Å². The number of imidazole rings is 1. The maximum Gasteiger partial charge on any atom is 0.531 e. The van der Waals surface area contributed by atoms with E-state index in [-0.39, 0.29) is 0 Å². The van der Waals surface area contributed by atoms with Gasteiger partial charge >= 0.3 is 6.16 Å². The number of aromatic nitrogens is 2. The molecule has 3 N–H and O–H groups in total. The molecule has 112 valence electrons. The molecule has 0 fully saturated rings. The van der Waals surface area contributed by atoms with Gasteiger partial charge in [0, 0.05) is 11.8 Å². The van der Waals surface area contributed by atoms with Crippen molar-refractivity contribution >= 4 is 22.9 Å². The van der Waals surface area contributed by atoms with Crippen molar-refractivity contribution in [2.24, 2.45) is 0 Å². The SMILES string of the molecule is Cc1cc(N)ccc1Oc1ccc2c(c1)ncn2OC(=O)O. The van der Waals surface area contributed by atoms with E-state index in [1.807, 2.05) is 13.0 Å². The molecule has 1 heterocycles. The summed E-state index contributed by atoms with van der Waals surface area (Å²) < 4.78 is 6.88. The van der Waals surface area contributed by atoms with Gasteiger partial charge in [0.1, 0.15) is 23.3 Å². The van der Waals surface area contributed by atoms with Crippen LogP contribution in [0, 0.1) is 6.92 Å². The number of nitrogen functional groups attached to an aromatic ring is 1. The summed E-state index contributed by atoms with van der Waals surface area (Å²) >= 11 is 0. The van der Waals surface area contributed by atoms with Gasteiger partial charge in [-0.05, 0) is 42.8 Å². The zero-order chi connectivity index (χ0) is 15.7. The fourth-order valence-corrected chi connectivity index (χ4v) is 2.10. The van der Waals surface area contributed by atoms with Crippen LogP contribution in [0.1, 0.15) is 5.56 Å². The molecule has 0 unspecified atom stereocenters. The lowest BCUT2D eigenvalue weighted by Gasteiger charge is -2.09.